The van der Waals surface area contributed by atoms with Gasteiger partial charge in [-0.15, -0.1) is 11.6 Å². The summed E-state index contributed by atoms with van der Waals surface area (Å²) in [7, 11) is 0. The molecule has 1 fully saturated rings. The summed E-state index contributed by atoms with van der Waals surface area (Å²) in [6.45, 7) is 2.18. The summed E-state index contributed by atoms with van der Waals surface area (Å²) in [5.41, 5.74) is 0. The van der Waals surface area contributed by atoms with Crippen LogP contribution in [0.5, 0.6) is 0 Å². The fraction of sp³-hybridized carbons (Fsp3) is 0.909. The van der Waals surface area contributed by atoms with E-state index in [9.17, 15) is 4.79 Å². The zero-order valence-corrected chi connectivity index (χ0v) is 10.3. The molecule has 0 aromatic heterocycles. The van der Waals surface area contributed by atoms with Crippen LogP contribution in [0.3, 0.4) is 0 Å². The van der Waals surface area contributed by atoms with Gasteiger partial charge in [0.15, 0.2) is 6.10 Å². The second kappa shape index (κ2) is 8.79. The minimum atomic E-state index is -0.420. The van der Waals surface area contributed by atoms with Crippen molar-refractivity contribution < 1.29 is 14.3 Å². The number of nitrogens with one attached hydrogen (secondary N) is 1. The van der Waals surface area contributed by atoms with Crippen molar-refractivity contribution in [3.05, 3.63) is 0 Å². The number of unbranched alkanes of at least 4 members (excludes halogenated alkanes) is 3. The third-order valence-electron chi connectivity index (χ3n) is 2.47. The second-order valence-corrected chi connectivity index (χ2v) is 4.21. The van der Waals surface area contributed by atoms with Gasteiger partial charge in [-0.05, 0) is 12.8 Å². The first-order chi connectivity index (χ1) is 7.84. The standard InChI is InChI=1S/C11H20ClNO3/c12-5-3-1-2-4-6-13-11(14)10-9-15-7-8-16-10/h10H,1-9H2,(H,13,14). The molecule has 0 radical (unpaired) electrons. The molecular formula is C11H20ClNO3. The molecule has 0 aliphatic carbocycles. The van der Waals surface area contributed by atoms with Crippen LogP contribution < -0.4 is 5.32 Å². The number of halogens is 1. The van der Waals surface area contributed by atoms with E-state index in [1.807, 2.05) is 0 Å². The van der Waals surface area contributed by atoms with Crippen LogP contribution in [0.15, 0.2) is 0 Å². The van der Waals surface area contributed by atoms with Crippen LogP contribution >= 0.6 is 11.6 Å². The molecule has 0 aromatic rings. The fourth-order valence-corrected chi connectivity index (χ4v) is 1.73. The van der Waals surface area contributed by atoms with Crippen molar-refractivity contribution in [1.82, 2.24) is 5.32 Å². The second-order valence-electron chi connectivity index (χ2n) is 3.83. The Bertz CT molecular complexity index is 196. The molecule has 1 rings (SSSR count). The number of alkyl halides is 1. The molecule has 0 spiro atoms. The van der Waals surface area contributed by atoms with Crippen LogP contribution in [-0.4, -0.2) is 44.3 Å². The van der Waals surface area contributed by atoms with Crippen LogP contribution in [0.4, 0.5) is 0 Å². The van der Waals surface area contributed by atoms with Gasteiger partial charge in [0, 0.05) is 12.4 Å². The quantitative estimate of drug-likeness (QED) is 0.547. The van der Waals surface area contributed by atoms with Crippen LogP contribution in [0, 0.1) is 0 Å². The van der Waals surface area contributed by atoms with Gasteiger partial charge in [0.2, 0.25) is 0 Å². The van der Waals surface area contributed by atoms with E-state index in [0.29, 0.717) is 26.4 Å². The molecule has 4 nitrogen and oxygen atoms in total. The fourth-order valence-electron chi connectivity index (χ4n) is 1.54. The lowest BCUT2D eigenvalue weighted by molar-refractivity contribution is -0.147. The first-order valence-electron chi connectivity index (χ1n) is 5.87. The van der Waals surface area contributed by atoms with Crippen molar-refractivity contribution in [3.8, 4) is 0 Å². The molecule has 1 heterocycles. The maximum atomic E-state index is 11.5. The van der Waals surface area contributed by atoms with E-state index in [4.69, 9.17) is 21.1 Å². The largest absolute Gasteiger partial charge is 0.376 e. The zero-order valence-electron chi connectivity index (χ0n) is 9.54. The predicted octanol–water partition coefficient (Wildman–Crippen LogP) is 1.32. The Labute approximate surface area is 102 Å². The maximum Gasteiger partial charge on any atom is 0.251 e. The monoisotopic (exact) mass is 249 g/mol. The van der Waals surface area contributed by atoms with Gasteiger partial charge < -0.3 is 14.8 Å². The lowest BCUT2D eigenvalue weighted by Crippen LogP contribution is -2.43. The normalized spacial score (nSPS) is 20.7. The summed E-state index contributed by atoms with van der Waals surface area (Å²) in [5.74, 6) is 0.664. The van der Waals surface area contributed by atoms with E-state index < -0.39 is 6.10 Å². The first-order valence-corrected chi connectivity index (χ1v) is 6.41. The summed E-state index contributed by atoms with van der Waals surface area (Å²) >= 11 is 5.57. The van der Waals surface area contributed by atoms with Crippen LogP contribution in [0.1, 0.15) is 25.7 Å². The molecule has 1 aliphatic rings. The van der Waals surface area contributed by atoms with E-state index in [1.54, 1.807) is 0 Å². The highest BCUT2D eigenvalue weighted by atomic mass is 35.5. The van der Waals surface area contributed by atoms with E-state index in [2.05, 4.69) is 5.32 Å². The summed E-state index contributed by atoms with van der Waals surface area (Å²) in [5, 5.41) is 2.85. The van der Waals surface area contributed by atoms with Crippen LogP contribution in [0.25, 0.3) is 0 Å². The van der Waals surface area contributed by atoms with Crippen molar-refractivity contribution in [1.29, 1.82) is 0 Å². The van der Waals surface area contributed by atoms with E-state index in [-0.39, 0.29) is 5.91 Å². The summed E-state index contributed by atoms with van der Waals surface area (Å²) in [6.07, 6.45) is 3.86. The van der Waals surface area contributed by atoms with Gasteiger partial charge in [-0.3, -0.25) is 4.79 Å². The molecule has 1 aliphatic heterocycles. The zero-order chi connectivity index (χ0) is 11.6. The average molecular weight is 250 g/mol. The molecule has 16 heavy (non-hydrogen) atoms. The SMILES string of the molecule is O=C(NCCCCCCCl)C1COCCO1. The molecule has 1 amide bonds. The molecule has 0 bridgehead atoms. The maximum absolute atomic E-state index is 11.5. The van der Waals surface area contributed by atoms with E-state index in [1.165, 1.54) is 0 Å². The molecule has 1 N–H and O–H groups in total. The Morgan fingerprint density at radius 3 is 2.75 bits per heavy atom. The van der Waals surface area contributed by atoms with Gasteiger partial charge in [-0.1, -0.05) is 12.8 Å². The third kappa shape index (κ3) is 5.68. The van der Waals surface area contributed by atoms with Gasteiger partial charge >= 0.3 is 0 Å². The molecule has 1 saturated heterocycles. The minimum Gasteiger partial charge on any atom is -0.376 e. The van der Waals surface area contributed by atoms with E-state index >= 15 is 0 Å². The Morgan fingerprint density at radius 2 is 2.06 bits per heavy atom. The van der Waals surface area contributed by atoms with Crippen molar-refractivity contribution >= 4 is 17.5 Å². The van der Waals surface area contributed by atoms with E-state index in [0.717, 1.165) is 31.6 Å². The Hall–Kier alpha value is -0.320. The lowest BCUT2D eigenvalue weighted by atomic mass is 10.2. The molecule has 1 unspecified atom stereocenters. The summed E-state index contributed by atoms with van der Waals surface area (Å²) in [4.78, 5) is 11.5. The summed E-state index contributed by atoms with van der Waals surface area (Å²) in [6, 6.07) is 0. The average Bonchev–Trinajstić information content (AvgIpc) is 2.34. The predicted molar refractivity (Wildman–Crippen MR) is 62.8 cm³/mol. The molecule has 1 atom stereocenters. The molecule has 5 heteroatoms. The number of hydrogen-bond acceptors (Lipinski definition) is 3. The Balaban J connectivity index is 1.97. The third-order valence-corrected chi connectivity index (χ3v) is 2.74. The number of amides is 1. The van der Waals surface area contributed by atoms with Crippen molar-refractivity contribution in [3.63, 3.8) is 0 Å². The highest BCUT2D eigenvalue weighted by molar-refractivity contribution is 6.17. The highest BCUT2D eigenvalue weighted by Gasteiger charge is 2.21. The van der Waals surface area contributed by atoms with Gasteiger partial charge in [-0.2, -0.15) is 0 Å². The van der Waals surface area contributed by atoms with Crippen molar-refractivity contribution in [2.45, 2.75) is 31.8 Å². The topological polar surface area (TPSA) is 47.6 Å². The first kappa shape index (κ1) is 13.7. The number of carbonyl (C=O) groups is 1. The molecule has 0 aromatic carbocycles. The number of hydrogen-bond donors (Lipinski definition) is 1. The van der Waals surface area contributed by atoms with Gasteiger partial charge in [0.05, 0.1) is 19.8 Å². The van der Waals surface area contributed by atoms with Crippen LogP contribution in [-0.2, 0) is 14.3 Å². The molecule has 0 saturated carbocycles. The number of carbonyl (C=O) groups excluding carboxylic acids is 1. The Morgan fingerprint density at radius 1 is 1.25 bits per heavy atom. The van der Waals surface area contributed by atoms with Crippen molar-refractivity contribution in [2.24, 2.45) is 0 Å². The minimum absolute atomic E-state index is 0.0583. The molecular weight excluding hydrogens is 230 g/mol. The van der Waals surface area contributed by atoms with Gasteiger partial charge in [0.1, 0.15) is 0 Å². The van der Waals surface area contributed by atoms with Crippen molar-refractivity contribution in [2.75, 3.05) is 32.2 Å². The Kier molecular flexibility index (Phi) is 7.55. The van der Waals surface area contributed by atoms with Gasteiger partial charge in [0.25, 0.3) is 5.91 Å². The number of ether oxygens (including phenoxy) is 2. The lowest BCUT2D eigenvalue weighted by Gasteiger charge is -2.21. The van der Waals surface area contributed by atoms with Crippen LogP contribution in [0.2, 0.25) is 0 Å². The highest BCUT2D eigenvalue weighted by Crippen LogP contribution is 2.02. The smallest absolute Gasteiger partial charge is 0.251 e. The molecule has 94 valence electrons. The summed E-state index contributed by atoms with van der Waals surface area (Å²) < 4.78 is 10.4. The number of rotatable bonds is 7. The van der Waals surface area contributed by atoms with Gasteiger partial charge in [-0.25, -0.2) is 0 Å².